The Labute approximate surface area is 189 Å². The Morgan fingerprint density at radius 1 is 1.12 bits per heavy atom. The van der Waals surface area contributed by atoms with E-state index >= 15 is 0 Å². The van der Waals surface area contributed by atoms with Gasteiger partial charge in [0, 0.05) is 30.7 Å². The van der Waals surface area contributed by atoms with Crippen molar-refractivity contribution >= 4 is 39.1 Å². The van der Waals surface area contributed by atoms with E-state index < -0.39 is 0 Å². The fourth-order valence-corrected chi connectivity index (χ4v) is 4.96. The summed E-state index contributed by atoms with van der Waals surface area (Å²) in [6.07, 6.45) is 0. The number of anilines is 1. The second-order valence-corrected chi connectivity index (χ2v) is 8.81. The lowest BCUT2D eigenvalue weighted by molar-refractivity contribution is -0.120. The van der Waals surface area contributed by atoms with Gasteiger partial charge in [-0.25, -0.2) is 4.68 Å². The van der Waals surface area contributed by atoms with E-state index in [1.165, 1.54) is 11.3 Å². The maximum atomic E-state index is 12.8. The monoisotopic (exact) mass is 445 g/mol. The molecule has 8 heteroatoms. The predicted octanol–water partition coefficient (Wildman–Crippen LogP) is 3.26. The van der Waals surface area contributed by atoms with E-state index in [2.05, 4.69) is 20.6 Å². The van der Waals surface area contributed by atoms with Crippen molar-refractivity contribution in [3.8, 4) is 5.69 Å². The highest BCUT2D eigenvalue weighted by Crippen LogP contribution is 2.30. The Kier molecular flexibility index (Phi) is 5.36. The van der Waals surface area contributed by atoms with Crippen LogP contribution in [0.25, 0.3) is 15.9 Å². The van der Waals surface area contributed by atoms with Crippen molar-refractivity contribution in [1.82, 2.24) is 20.4 Å². The van der Waals surface area contributed by atoms with Crippen LogP contribution in [0.2, 0.25) is 0 Å². The van der Waals surface area contributed by atoms with E-state index in [0.29, 0.717) is 24.5 Å². The molecule has 1 saturated heterocycles. The van der Waals surface area contributed by atoms with E-state index in [-0.39, 0.29) is 11.8 Å². The number of fused-ring (bicyclic) bond motifs is 1. The molecule has 0 spiro atoms. The molecule has 0 saturated carbocycles. The largest absolute Gasteiger partial charge is 0.360 e. The number of carbonyl (C=O) groups is 2. The van der Waals surface area contributed by atoms with Crippen LogP contribution < -0.4 is 15.5 Å². The molecule has 32 heavy (non-hydrogen) atoms. The van der Waals surface area contributed by atoms with Crippen LogP contribution in [0.1, 0.15) is 20.9 Å². The number of amides is 2. The van der Waals surface area contributed by atoms with Gasteiger partial charge in [-0.3, -0.25) is 9.59 Å². The highest BCUT2D eigenvalue weighted by Gasteiger charge is 2.18. The Bertz CT molecular complexity index is 1280. The molecule has 2 amide bonds. The molecule has 7 nitrogen and oxygen atoms in total. The molecule has 0 bridgehead atoms. The van der Waals surface area contributed by atoms with E-state index in [1.807, 2.05) is 72.3 Å². The van der Waals surface area contributed by atoms with Crippen molar-refractivity contribution in [2.75, 3.05) is 24.5 Å². The van der Waals surface area contributed by atoms with E-state index in [1.54, 1.807) is 0 Å². The highest BCUT2D eigenvalue weighted by molar-refractivity contribution is 7.20. The first-order valence-corrected chi connectivity index (χ1v) is 11.3. The van der Waals surface area contributed by atoms with E-state index in [0.717, 1.165) is 39.4 Å². The molecule has 3 heterocycles. The number of aromatic nitrogens is 2. The van der Waals surface area contributed by atoms with Gasteiger partial charge in [0.05, 0.1) is 22.8 Å². The predicted molar refractivity (Wildman–Crippen MR) is 127 cm³/mol. The molecule has 2 aromatic heterocycles. The third kappa shape index (κ3) is 3.97. The summed E-state index contributed by atoms with van der Waals surface area (Å²) in [4.78, 5) is 28.1. The van der Waals surface area contributed by atoms with Crippen molar-refractivity contribution in [1.29, 1.82) is 0 Å². The average molecular weight is 446 g/mol. The molecule has 0 atom stereocenters. The summed E-state index contributed by atoms with van der Waals surface area (Å²) in [6, 6.07) is 19.8. The zero-order chi connectivity index (χ0) is 22.1. The number of nitrogens with one attached hydrogen (secondary N) is 2. The number of thiophene rings is 1. The van der Waals surface area contributed by atoms with Gasteiger partial charge in [0.25, 0.3) is 5.91 Å². The normalized spacial score (nSPS) is 13.9. The minimum absolute atomic E-state index is 0.0431. The van der Waals surface area contributed by atoms with Crippen LogP contribution in [0.15, 0.2) is 60.7 Å². The van der Waals surface area contributed by atoms with Gasteiger partial charge in [-0.05, 0) is 42.8 Å². The van der Waals surface area contributed by atoms with Gasteiger partial charge in [-0.2, -0.15) is 5.10 Å². The molecule has 0 unspecified atom stereocenters. The number of para-hydroxylation sites is 1. The number of piperazine rings is 1. The zero-order valence-electron chi connectivity index (χ0n) is 17.7. The fourth-order valence-electron chi connectivity index (χ4n) is 3.86. The first-order valence-electron chi connectivity index (χ1n) is 10.5. The summed E-state index contributed by atoms with van der Waals surface area (Å²) in [5.41, 5.74) is 3.91. The van der Waals surface area contributed by atoms with Gasteiger partial charge in [-0.1, -0.05) is 30.3 Å². The Morgan fingerprint density at radius 3 is 2.66 bits per heavy atom. The Balaban J connectivity index is 1.28. The zero-order valence-corrected chi connectivity index (χ0v) is 18.5. The number of benzene rings is 2. The summed E-state index contributed by atoms with van der Waals surface area (Å²) in [5, 5.41) is 11.5. The Hall–Kier alpha value is -3.65. The number of hydrogen-bond donors (Lipinski definition) is 2. The first kappa shape index (κ1) is 20.3. The quantitative estimate of drug-likeness (QED) is 0.494. The summed E-state index contributed by atoms with van der Waals surface area (Å²) < 4.78 is 1.89. The molecular weight excluding hydrogens is 422 g/mol. The number of carbonyl (C=O) groups excluding carboxylic acids is 2. The van der Waals surface area contributed by atoms with Crippen LogP contribution in [-0.4, -0.2) is 41.2 Å². The lowest BCUT2D eigenvalue weighted by Gasteiger charge is -2.28. The molecule has 2 aromatic carbocycles. The minimum atomic E-state index is -0.0954. The second kappa shape index (κ2) is 8.47. The van der Waals surface area contributed by atoms with Gasteiger partial charge in [0.2, 0.25) is 5.91 Å². The van der Waals surface area contributed by atoms with Crippen molar-refractivity contribution < 1.29 is 9.59 Å². The number of aryl methyl sites for hydroxylation is 1. The molecule has 162 valence electrons. The summed E-state index contributed by atoms with van der Waals surface area (Å²) in [5.74, 6) is -0.0523. The molecule has 0 radical (unpaired) electrons. The maximum absolute atomic E-state index is 12.8. The summed E-state index contributed by atoms with van der Waals surface area (Å²) >= 11 is 1.45. The molecule has 1 aliphatic heterocycles. The minimum Gasteiger partial charge on any atom is -0.360 e. The number of rotatable bonds is 5. The van der Waals surface area contributed by atoms with Crippen LogP contribution in [0.5, 0.6) is 0 Å². The van der Waals surface area contributed by atoms with Crippen LogP contribution in [0.4, 0.5) is 5.69 Å². The van der Waals surface area contributed by atoms with E-state index in [4.69, 9.17) is 0 Å². The fraction of sp³-hybridized carbons (Fsp3) is 0.208. The molecule has 1 aliphatic rings. The van der Waals surface area contributed by atoms with E-state index in [9.17, 15) is 9.59 Å². The van der Waals surface area contributed by atoms with Gasteiger partial charge in [-0.15, -0.1) is 11.3 Å². The summed E-state index contributed by atoms with van der Waals surface area (Å²) in [6.45, 7) is 4.24. The molecule has 5 rings (SSSR count). The summed E-state index contributed by atoms with van der Waals surface area (Å²) in [7, 11) is 0. The smallest absolute Gasteiger partial charge is 0.261 e. The lowest BCUT2D eigenvalue weighted by atomic mass is 10.2. The van der Waals surface area contributed by atoms with Gasteiger partial charge >= 0.3 is 0 Å². The van der Waals surface area contributed by atoms with Crippen molar-refractivity contribution in [2.45, 2.75) is 13.5 Å². The third-order valence-corrected chi connectivity index (χ3v) is 6.67. The molecule has 1 fully saturated rings. The van der Waals surface area contributed by atoms with Crippen LogP contribution >= 0.6 is 11.3 Å². The van der Waals surface area contributed by atoms with Gasteiger partial charge in [0.15, 0.2) is 0 Å². The third-order valence-electron chi connectivity index (χ3n) is 5.56. The van der Waals surface area contributed by atoms with Crippen LogP contribution in [0, 0.1) is 6.92 Å². The highest BCUT2D eigenvalue weighted by atomic mass is 32.1. The van der Waals surface area contributed by atoms with Crippen LogP contribution in [-0.2, 0) is 11.3 Å². The van der Waals surface area contributed by atoms with Crippen LogP contribution in [0.3, 0.4) is 0 Å². The molecule has 4 aromatic rings. The molecular formula is C24H23N5O2S. The molecule has 0 aliphatic carbocycles. The standard InChI is InChI=1S/C24H23N5O2S/c1-16-20-13-21(32-24(20)29(27-16)19-5-3-2-4-6-19)23(31)26-14-17-7-9-18(10-8-17)28-12-11-25-22(30)15-28/h2-10,13H,11-12,14-15H2,1H3,(H,25,30)(H,26,31). The lowest BCUT2D eigenvalue weighted by Crippen LogP contribution is -2.47. The van der Waals surface area contributed by atoms with Gasteiger partial charge in [0.1, 0.15) is 4.83 Å². The van der Waals surface area contributed by atoms with Crippen molar-refractivity contribution in [3.63, 3.8) is 0 Å². The number of hydrogen-bond acceptors (Lipinski definition) is 5. The van der Waals surface area contributed by atoms with Crippen molar-refractivity contribution in [3.05, 3.63) is 76.8 Å². The SMILES string of the molecule is Cc1nn(-c2ccccc2)c2sc(C(=O)NCc3ccc(N4CCNC(=O)C4)cc3)cc12. The van der Waals surface area contributed by atoms with Gasteiger partial charge < -0.3 is 15.5 Å². The topological polar surface area (TPSA) is 79.3 Å². The first-order chi connectivity index (χ1) is 15.6. The molecule has 2 N–H and O–H groups in total. The average Bonchev–Trinajstić information content (AvgIpc) is 3.39. The maximum Gasteiger partial charge on any atom is 0.261 e. The number of nitrogens with zero attached hydrogens (tertiary/aromatic N) is 3. The van der Waals surface area contributed by atoms with Crippen molar-refractivity contribution in [2.24, 2.45) is 0 Å². The second-order valence-electron chi connectivity index (χ2n) is 7.78. The Morgan fingerprint density at radius 2 is 1.91 bits per heavy atom.